The second kappa shape index (κ2) is 9.34. The number of hydrogen-bond acceptors (Lipinski definition) is 7. The second-order valence-electron chi connectivity index (χ2n) is 7.41. The molecule has 0 aliphatic rings. The van der Waals surface area contributed by atoms with Gasteiger partial charge in [0.15, 0.2) is 0 Å². The van der Waals surface area contributed by atoms with Crippen molar-refractivity contribution in [3.63, 3.8) is 0 Å². The van der Waals surface area contributed by atoms with Gasteiger partial charge in [-0.05, 0) is 48.0 Å². The van der Waals surface area contributed by atoms with Crippen LogP contribution in [0.2, 0.25) is 0 Å². The van der Waals surface area contributed by atoms with Gasteiger partial charge in [-0.3, -0.25) is 9.55 Å². The molecule has 0 saturated carbocycles. The fourth-order valence-corrected chi connectivity index (χ4v) is 4.08. The number of pyridine rings is 1. The molecule has 4 aromatic rings. The van der Waals surface area contributed by atoms with E-state index in [4.69, 9.17) is 4.74 Å². The maximum Gasteiger partial charge on any atom is 0.501 e. The third-order valence-corrected chi connectivity index (χ3v) is 6.58. The number of alkyl halides is 3. The van der Waals surface area contributed by atoms with Gasteiger partial charge in [-0.1, -0.05) is 18.2 Å². The Morgan fingerprint density at radius 2 is 1.69 bits per heavy atom. The maximum absolute atomic E-state index is 12.9. The summed E-state index contributed by atoms with van der Waals surface area (Å²) in [7, 11) is -5.57. The molecular weight excluding hydrogens is 503 g/mol. The fraction of sp³-hybridized carbons (Fsp3) is 0.0870. The summed E-state index contributed by atoms with van der Waals surface area (Å²) in [5.41, 5.74) is -5.94. The molecule has 0 fully saturated rings. The van der Waals surface area contributed by atoms with Gasteiger partial charge < -0.3 is 9.84 Å². The molecule has 2 aromatic carbocycles. The smallest absolute Gasteiger partial charge is 0.493 e. The summed E-state index contributed by atoms with van der Waals surface area (Å²) in [6.07, 6.45) is 3.73. The first-order valence-corrected chi connectivity index (χ1v) is 11.6. The van der Waals surface area contributed by atoms with Gasteiger partial charge in [0.2, 0.25) is 5.88 Å². The number of halogens is 3. The molecule has 0 radical (unpaired) electrons. The van der Waals surface area contributed by atoms with Crippen LogP contribution in [-0.2, 0) is 16.4 Å². The number of sulfone groups is 1. The number of ether oxygens (including phenoxy) is 1. The van der Waals surface area contributed by atoms with Gasteiger partial charge in [-0.15, -0.1) is 0 Å². The lowest BCUT2D eigenvalue weighted by Gasteiger charge is -2.10. The molecular formula is C23H16F3N3O6S. The van der Waals surface area contributed by atoms with Crippen molar-refractivity contribution < 1.29 is 36.2 Å². The summed E-state index contributed by atoms with van der Waals surface area (Å²) in [6.45, 7) is -0.179. The number of aromatic nitrogens is 3. The molecule has 0 atom stereocenters. The summed E-state index contributed by atoms with van der Waals surface area (Å²) < 4.78 is 68.6. The molecule has 0 aliphatic heterocycles. The number of nitrogens with zero attached hydrogens (tertiary/aromatic N) is 3. The van der Waals surface area contributed by atoms with Gasteiger partial charge in [0.05, 0.1) is 28.9 Å². The molecule has 0 aliphatic carbocycles. The van der Waals surface area contributed by atoms with Crippen LogP contribution in [0.5, 0.6) is 11.6 Å². The third kappa shape index (κ3) is 4.73. The lowest BCUT2D eigenvalue weighted by Crippen LogP contribution is -2.25. The van der Waals surface area contributed by atoms with Crippen LogP contribution in [0.4, 0.5) is 13.2 Å². The minimum absolute atomic E-state index is 0.0715. The summed E-state index contributed by atoms with van der Waals surface area (Å²) >= 11 is 0. The minimum Gasteiger partial charge on any atom is -0.493 e. The first-order valence-electron chi connectivity index (χ1n) is 10.1. The predicted molar refractivity (Wildman–Crippen MR) is 120 cm³/mol. The van der Waals surface area contributed by atoms with E-state index in [9.17, 15) is 36.3 Å². The highest BCUT2D eigenvalue weighted by molar-refractivity contribution is 7.92. The van der Waals surface area contributed by atoms with E-state index in [1.807, 2.05) is 0 Å². The van der Waals surface area contributed by atoms with Crippen LogP contribution >= 0.6 is 0 Å². The highest BCUT2D eigenvalue weighted by atomic mass is 32.2. The Balaban J connectivity index is 1.63. The second-order valence-corrected chi connectivity index (χ2v) is 9.35. The quantitative estimate of drug-likeness (QED) is 0.307. The number of hydrogen-bond donors (Lipinski definition) is 1. The predicted octanol–water partition coefficient (Wildman–Crippen LogP) is 3.30. The number of rotatable bonds is 6. The van der Waals surface area contributed by atoms with Crippen LogP contribution in [0.1, 0.15) is 15.9 Å². The van der Waals surface area contributed by atoms with Crippen molar-refractivity contribution in [2.45, 2.75) is 16.9 Å². The molecule has 0 spiro atoms. The van der Waals surface area contributed by atoms with Crippen molar-refractivity contribution in [1.29, 1.82) is 0 Å². The number of carbonyl (C=O) groups excluding carboxylic acids is 1. The average Bonchev–Trinajstić information content (AvgIpc) is 3.12. The first-order chi connectivity index (χ1) is 17.0. The monoisotopic (exact) mass is 519 g/mol. The van der Waals surface area contributed by atoms with Crippen LogP contribution in [0.3, 0.4) is 0 Å². The summed E-state index contributed by atoms with van der Waals surface area (Å²) in [5, 5.41) is 10.3. The lowest BCUT2D eigenvalue weighted by atomic mass is 10.1. The van der Waals surface area contributed by atoms with Crippen molar-refractivity contribution in [3.8, 4) is 17.3 Å². The zero-order chi connectivity index (χ0) is 26.1. The van der Waals surface area contributed by atoms with E-state index in [1.165, 1.54) is 18.5 Å². The molecule has 0 unspecified atom stereocenters. The van der Waals surface area contributed by atoms with Crippen molar-refractivity contribution >= 4 is 15.8 Å². The largest absolute Gasteiger partial charge is 0.501 e. The van der Waals surface area contributed by atoms with E-state index in [2.05, 4.69) is 4.98 Å². The summed E-state index contributed by atoms with van der Waals surface area (Å²) in [5.74, 6) is -0.981. The van der Waals surface area contributed by atoms with Crippen LogP contribution in [0.15, 0.2) is 88.9 Å². The van der Waals surface area contributed by atoms with Crippen molar-refractivity contribution in [2.24, 2.45) is 0 Å². The molecule has 2 aromatic heterocycles. The number of esters is 1. The van der Waals surface area contributed by atoms with E-state index in [0.29, 0.717) is 23.4 Å². The van der Waals surface area contributed by atoms with E-state index < -0.39 is 37.8 Å². The number of benzene rings is 2. The van der Waals surface area contributed by atoms with E-state index in [1.54, 1.807) is 30.3 Å². The molecule has 2 heterocycles. The molecule has 13 heteroatoms. The normalized spacial score (nSPS) is 11.9. The Kier molecular flexibility index (Phi) is 6.41. The fourth-order valence-electron chi connectivity index (χ4n) is 3.32. The third-order valence-electron chi connectivity index (χ3n) is 5.07. The number of carbonyl (C=O) groups is 1. The van der Waals surface area contributed by atoms with Crippen LogP contribution < -0.4 is 10.4 Å². The van der Waals surface area contributed by atoms with Crippen LogP contribution in [-0.4, -0.2) is 39.1 Å². The highest BCUT2D eigenvalue weighted by Gasteiger charge is 2.46. The van der Waals surface area contributed by atoms with Gasteiger partial charge in [-0.25, -0.2) is 22.6 Å². The van der Waals surface area contributed by atoms with Gasteiger partial charge in [-0.2, -0.15) is 13.2 Å². The van der Waals surface area contributed by atoms with E-state index in [-0.39, 0.29) is 17.8 Å². The van der Waals surface area contributed by atoms with Crippen molar-refractivity contribution in [1.82, 2.24) is 14.1 Å². The average molecular weight is 519 g/mol. The molecule has 186 valence electrons. The van der Waals surface area contributed by atoms with Crippen molar-refractivity contribution in [2.75, 3.05) is 0 Å². The number of imidazole rings is 1. The zero-order valence-corrected chi connectivity index (χ0v) is 18.9. The van der Waals surface area contributed by atoms with Gasteiger partial charge >= 0.3 is 17.2 Å². The first kappa shape index (κ1) is 24.7. The van der Waals surface area contributed by atoms with Gasteiger partial charge in [0, 0.05) is 12.4 Å². The van der Waals surface area contributed by atoms with Gasteiger partial charge in [0.1, 0.15) is 5.75 Å². The van der Waals surface area contributed by atoms with Crippen LogP contribution in [0.25, 0.3) is 5.69 Å². The Morgan fingerprint density at radius 1 is 1.03 bits per heavy atom. The molecule has 4 rings (SSSR count). The zero-order valence-electron chi connectivity index (χ0n) is 18.1. The molecule has 0 amide bonds. The van der Waals surface area contributed by atoms with Crippen molar-refractivity contribution in [3.05, 3.63) is 101 Å². The van der Waals surface area contributed by atoms with Crippen LogP contribution in [0, 0.1) is 0 Å². The molecule has 0 bridgehead atoms. The maximum atomic E-state index is 12.9. The Bertz CT molecular complexity index is 1580. The van der Waals surface area contributed by atoms with Gasteiger partial charge in [0.25, 0.3) is 9.84 Å². The Hall–Kier alpha value is -4.39. The molecule has 9 nitrogen and oxygen atoms in total. The standard InChI is InChI=1S/C23H16F3N3O6S/c24-23(25,26)36(33,34)18-8-6-16(7-9-18)29-20(30)14-28(22(29)32)13-15-10-11-27-12-19(15)21(31)35-17-4-2-1-3-5-17/h1-12,14,30H,13H2. The van der Waals surface area contributed by atoms with E-state index in [0.717, 1.165) is 27.5 Å². The summed E-state index contributed by atoms with van der Waals surface area (Å²) in [4.78, 5) is 28.5. The summed E-state index contributed by atoms with van der Waals surface area (Å²) in [6, 6.07) is 13.1. The Labute approximate surface area is 201 Å². The lowest BCUT2D eigenvalue weighted by molar-refractivity contribution is -0.0436. The molecule has 0 saturated heterocycles. The number of aromatic hydroxyl groups is 1. The SMILES string of the molecule is O=C(Oc1ccccc1)c1cnccc1Cn1cc(O)n(-c2ccc(S(=O)(=O)C(F)(F)F)cc2)c1=O. The van der Waals surface area contributed by atoms with E-state index >= 15 is 0 Å². The highest BCUT2D eigenvalue weighted by Crippen LogP contribution is 2.30. The number of para-hydroxylation sites is 1. The topological polar surface area (TPSA) is 120 Å². The minimum atomic E-state index is -5.57. The Morgan fingerprint density at radius 3 is 2.33 bits per heavy atom. The molecule has 1 N–H and O–H groups in total. The molecule has 36 heavy (non-hydrogen) atoms.